The van der Waals surface area contributed by atoms with Crippen LogP contribution in [-0.2, 0) is 11.3 Å². The van der Waals surface area contributed by atoms with Crippen LogP contribution in [0.25, 0.3) is 17.0 Å². The fourth-order valence-electron chi connectivity index (χ4n) is 4.70. The number of aryl methyl sites for hydroxylation is 1. The Hall–Kier alpha value is -4.02. The molecule has 0 bridgehead atoms. The Labute approximate surface area is 201 Å². The Bertz CT molecular complexity index is 1420. The van der Waals surface area contributed by atoms with Crippen LogP contribution < -0.4 is 15.5 Å². The Morgan fingerprint density at radius 3 is 2.94 bits per heavy atom. The molecule has 178 valence electrons. The highest BCUT2D eigenvalue weighted by molar-refractivity contribution is 6.06. The number of benzene rings is 1. The molecule has 35 heavy (non-hydrogen) atoms. The molecule has 0 aliphatic carbocycles. The molecule has 1 atom stereocenters. The summed E-state index contributed by atoms with van der Waals surface area (Å²) in [5, 5.41) is 15.6. The molecule has 1 amide bonds. The van der Waals surface area contributed by atoms with Gasteiger partial charge in [-0.25, -0.2) is 15.0 Å². The summed E-state index contributed by atoms with van der Waals surface area (Å²) in [4.78, 5) is 28.4. The van der Waals surface area contributed by atoms with Crippen molar-refractivity contribution in [2.24, 2.45) is 0 Å². The molecule has 4 aromatic rings. The molecule has 1 saturated heterocycles. The number of aromatic nitrogens is 4. The average Bonchev–Trinajstić information content (AvgIpc) is 3.48. The number of rotatable bonds is 5. The SMILES string of the molecule is Cc1ccn2c(-c3ccc(Nc4ccc(N5CCO[C@H](CO)C5)cn4)c4c3CNC4=O)cnc2n1. The van der Waals surface area contributed by atoms with E-state index < -0.39 is 0 Å². The second kappa shape index (κ2) is 8.64. The molecule has 1 fully saturated rings. The normalized spacial score (nSPS) is 17.5. The number of hydrogen-bond acceptors (Lipinski definition) is 8. The second-order valence-electron chi connectivity index (χ2n) is 8.73. The van der Waals surface area contributed by atoms with Crippen LogP contribution in [0.15, 0.2) is 48.9 Å². The van der Waals surface area contributed by atoms with E-state index in [1.807, 2.05) is 47.9 Å². The van der Waals surface area contributed by atoms with E-state index in [4.69, 9.17) is 4.74 Å². The monoisotopic (exact) mass is 471 g/mol. The lowest BCUT2D eigenvalue weighted by molar-refractivity contribution is 0.00355. The summed E-state index contributed by atoms with van der Waals surface area (Å²) in [7, 11) is 0. The standard InChI is InChI=1S/C25H25N7O3/c1-15-6-7-32-21(12-28-25(32)29-15)18-3-4-20(23-19(18)11-27-24(23)34)30-22-5-2-16(10-26-22)31-8-9-35-17(13-31)14-33/h2-7,10,12,17,33H,8-9,11,13-14H2,1H3,(H,26,30)(H,27,34)/t17-/m0/s1. The van der Waals surface area contributed by atoms with Gasteiger partial charge in [0.05, 0.1) is 54.3 Å². The van der Waals surface area contributed by atoms with Gasteiger partial charge in [0.2, 0.25) is 5.78 Å². The van der Waals surface area contributed by atoms with Crippen molar-refractivity contribution in [1.82, 2.24) is 24.7 Å². The van der Waals surface area contributed by atoms with Gasteiger partial charge < -0.3 is 25.4 Å². The van der Waals surface area contributed by atoms with E-state index in [0.29, 0.717) is 42.5 Å². The van der Waals surface area contributed by atoms with Crippen LogP contribution in [0.5, 0.6) is 0 Å². The molecule has 3 aromatic heterocycles. The maximum atomic E-state index is 12.8. The number of amides is 1. The molecule has 0 radical (unpaired) electrons. The zero-order valence-electron chi connectivity index (χ0n) is 19.2. The zero-order chi connectivity index (χ0) is 23.9. The Kier molecular flexibility index (Phi) is 5.31. The van der Waals surface area contributed by atoms with Crippen molar-refractivity contribution in [3.05, 3.63) is 65.7 Å². The number of anilines is 3. The van der Waals surface area contributed by atoms with E-state index in [2.05, 4.69) is 30.5 Å². The van der Waals surface area contributed by atoms with E-state index in [9.17, 15) is 9.90 Å². The lowest BCUT2D eigenvalue weighted by Gasteiger charge is -2.33. The number of imidazole rings is 1. The smallest absolute Gasteiger partial charge is 0.254 e. The van der Waals surface area contributed by atoms with Gasteiger partial charge in [-0.05, 0) is 36.8 Å². The number of fused-ring (bicyclic) bond motifs is 2. The molecule has 10 heteroatoms. The van der Waals surface area contributed by atoms with Gasteiger partial charge >= 0.3 is 0 Å². The average molecular weight is 472 g/mol. The number of aliphatic hydroxyl groups is 1. The molecule has 10 nitrogen and oxygen atoms in total. The van der Waals surface area contributed by atoms with Crippen LogP contribution in [0.4, 0.5) is 17.2 Å². The molecule has 5 heterocycles. The highest BCUT2D eigenvalue weighted by atomic mass is 16.5. The van der Waals surface area contributed by atoms with Crippen molar-refractivity contribution >= 4 is 28.9 Å². The van der Waals surface area contributed by atoms with Crippen molar-refractivity contribution < 1.29 is 14.6 Å². The zero-order valence-corrected chi connectivity index (χ0v) is 19.2. The third-order valence-corrected chi connectivity index (χ3v) is 6.48. The number of hydrogen-bond donors (Lipinski definition) is 3. The molecular formula is C25H25N7O3. The van der Waals surface area contributed by atoms with E-state index in [0.717, 1.165) is 34.7 Å². The Balaban J connectivity index is 1.30. The summed E-state index contributed by atoms with van der Waals surface area (Å²) in [5.74, 6) is 1.15. The Morgan fingerprint density at radius 1 is 1.20 bits per heavy atom. The van der Waals surface area contributed by atoms with Crippen LogP contribution >= 0.6 is 0 Å². The quantitative estimate of drug-likeness (QED) is 0.406. The third kappa shape index (κ3) is 3.86. The fraction of sp³-hybridized carbons (Fsp3) is 0.280. The van der Waals surface area contributed by atoms with Gasteiger partial charge in [-0.2, -0.15) is 0 Å². The molecule has 2 aliphatic rings. The predicted molar refractivity (Wildman–Crippen MR) is 131 cm³/mol. The molecule has 3 N–H and O–H groups in total. The number of carbonyl (C=O) groups is 1. The first-order chi connectivity index (χ1) is 17.1. The third-order valence-electron chi connectivity index (χ3n) is 6.48. The maximum absolute atomic E-state index is 12.8. The van der Waals surface area contributed by atoms with Gasteiger partial charge in [-0.1, -0.05) is 6.07 Å². The number of nitrogens with zero attached hydrogens (tertiary/aromatic N) is 5. The minimum absolute atomic E-state index is 0.00201. The van der Waals surface area contributed by atoms with Gasteiger partial charge in [0.15, 0.2) is 0 Å². The molecule has 2 aliphatic heterocycles. The fourth-order valence-corrected chi connectivity index (χ4v) is 4.70. The van der Waals surface area contributed by atoms with Crippen molar-refractivity contribution in [2.75, 3.05) is 36.5 Å². The number of pyridine rings is 1. The molecule has 0 saturated carbocycles. The van der Waals surface area contributed by atoms with E-state index in [-0.39, 0.29) is 18.6 Å². The number of ether oxygens (including phenoxy) is 1. The molecule has 0 spiro atoms. The van der Waals surface area contributed by atoms with Crippen molar-refractivity contribution in [3.8, 4) is 11.3 Å². The number of aliphatic hydroxyl groups excluding tert-OH is 1. The van der Waals surface area contributed by atoms with Gasteiger partial charge in [0.1, 0.15) is 5.82 Å². The second-order valence-corrected chi connectivity index (χ2v) is 8.73. The lowest BCUT2D eigenvalue weighted by Crippen LogP contribution is -2.44. The summed E-state index contributed by atoms with van der Waals surface area (Å²) in [6, 6.07) is 9.72. The first-order valence-corrected chi connectivity index (χ1v) is 11.6. The van der Waals surface area contributed by atoms with Crippen LogP contribution in [0, 0.1) is 6.92 Å². The van der Waals surface area contributed by atoms with Crippen molar-refractivity contribution in [1.29, 1.82) is 0 Å². The Morgan fingerprint density at radius 2 is 2.11 bits per heavy atom. The summed E-state index contributed by atoms with van der Waals surface area (Å²) >= 11 is 0. The number of nitrogens with one attached hydrogen (secondary N) is 2. The first-order valence-electron chi connectivity index (χ1n) is 11.6. The van der Waals surface area contributed by atoms with Crippen LogP contribution in [-0.4, -0.2) is 62.8 Å². The van der Waals surface area contributed by atoms with Gasteiger partial charge in [0.25, 0.3) is 5.91 Å². The van der Waals surface area contributed by atoms with Crippen LogP contribution in [0.3, 0.4) is 0 Å². The topological polar surface area (TPSA) is 117 Å². The molecular weight excluding hydrogens is 446 g/mol. The van der Waals surface area contributed by atoms with E-state index >= 15 is 0 Å². The predicted octanol–water partition coefficient (Wildman–Crippen LogP) is 2.28. The van der Waals surface area contributed by atoms with Crippen LogP contribution in [0.1, 0.15) is 21.6 Å². The number of carbonyl (C=O) groups excluding carboxylic acids is 1. The van der Waals surface area contributed by atoms with Crippen LogP contribution in [0.2, 0.25) is 0 Å². The van der Waals surface area contributed by atoms with Crippen molar-refractivity contribution in [3.63, 3.8) is 0 Å². The van der Waals surface area contributed by atoms with Gasteiger partial charge in [-0.3, -0.25) is 9.20 Å². The molecule has 1 aromatic carbocycles. The molecule has 0 unspecified atom stereocenters. The first kappa shape index (κ1) is 21.5. The van der Waals surface area contributed by atoms with E-state index in [1.165, 1.54) is 0 Å². The molecule has 6 rings (SSSR count). The van der Waals surface area contributed by atoms with Gasteiger partial charge in [-0.15, -0.1) is 0 Å². The summed E-state index contributed by atoms with van der Waals surface area (Å²) in [5.41, 5.74) is 5.93. The highest BCUT2D eigenvalue weighted by Crippen LogP contribution is 2.35. The number of morpholine rings is 1. The minimum Gasteiger partial charge on any atom is -0.394 e. The van der Waals surface area contributed by atoms with E-state index in [1.54, 1.807) is 12.4 Å². The largest absolute Gasteiger partial charge is 0.394 e. The summed E-state index contributed by atoms with van der Waals surface area (Å²) in [6.07, 6.45) is 5.35. The maximum Gasteiger partial charge on any atom is 0.254 e. The minimum atomic E-state index is -0.186. The highest BCUT2D eigenvalue weighted by Gasteiger charge is 2.27. The van der Waals surface area contributed by atoms with Gasteiger partial charge in [0, 0.05) is 37.1 Å². The van der Waals surface area contributed by atoms with Crippen molar-refractivity contribution in [2.45, 2.75) is 19.6 Å². The lowest BCUT2D eigenvalue weighted by atomic mass is 9.99. The summed E-state index contributed by atoms with van der Waals surface area (Å²) in [6.45, 7) is 4.32. The summed E-state index contributed by atoms with van der Waals surface area (Å²) < 4.78 is 7.46.